The van der Waals surface area contributed by atoms with Gasteiger partial charge in [-0.3, -0.25) is 4.79 Å². The number of fused-ring (bicyclic) bond motifs is 1. The van der Waals surface area contributed by atoms with E-state index in [0.29, 0.717) is 0 Å². The monoisotopic (exact) mass is 577 g/mol. The Labute approximate surface area is 189 Å². The fourth-order valence-corrected chi connectivity index (χ4v) is 2.97. The van der Waals surface area contributed by atoms with Crippen molar-refractivity contribution >= 4 is 16.8 Å². The molecule has 0 amide bonds. The minimum atomic E-state index is -0.125. The quantitative estimate of drug-likeness (QED) is 0.177. The number of hydrogen-bond donors (Lipinski definition) is 1. The zero-order valence-electron chi connectivity index (χ0n) is 17.0. The normalized spacial score (nSPS) is 10.7. The van der Waals surface area contributed by atoms with E-state index in [-0.39, 0.29) is 31.6 Å². The molecule has 0 aliphatic rings. The fraction of sp³-hybridized carbons (Fsp3) is 0.120. The maximum Gasteiger partial charge on any atom is 0.155 e. The molecule has 1 radical (unpaired) electrons. The van der Waals surface area contributed by atoms with E-state index in [1.807, 2.05) is 54.7 Å². The molecule has 0 aliphatic carbocycles. The number of furan rings is 1. The number of pyridine rings is 1. The van der Waals surface area contributed by atoms with Gasteiger partial charge in [-0.15, -0.1) is 35.9 Å². The molecule has 1 N–H and O–H groups in total. The summed E-state index contributed by atoms with van der Waals surface area (Å²) in [5.41, 5.74) is 4.92. The van der Waals surface area contributed by atoms with Gasteiger partial charge in [0.25, 0.3) is 0 Å². The number of aliphatic hydroxyl groups is 1. The van der Waals surface area contributed by atoms with Crippen LogP contribution < -0.4 is 0 Å². The Bertz CT molecular complexity index is 1150. The second-order valence-electron chi connectivity index (χ2n) is 6.66. The number of aliphatic hydroxyl groups excluding tert-OH is 1. The topological polar surface area (TPSA) is 63.3 Å². The van der Waals surface area contributed by atoms with Crippen LogP contribution in [0.25, 0.3) is 33.6 Å². The van der Waals surface area contributed by atoms with E-state index >= 15 is 0 Å². The molecule has 155 valence electrons. The standard InChI is InChI=1S/C20H14NO.C5H8O2.Ir/c1-14-17-13-21-18(15-8-4-2-5-9-15)12-19(17)22-20(14)16-10-6-3-7-11-16;1-4(6)3-5(2)7;/h2-8,10-13H,1H3;3,6H,1-2H3;/q-1;;/b;4-3-;. The maximum absolute atomic E-state index is 10.0. The number of carbonyl (C=O) groups is 1. The first-order valence-electron chi connectivity index (χ1n) is 9.25. The van der Waals surface area contributed by atoms with Gasteiger partial charge in [0, 0.05) is 48.9 Å². The third kappa shape index (κ3) is 5.75. The molecule has 2 aromatic carbocycles. The second kappa shape index (κ2) is 10.7. The molecule has 0 saturated heterocycles. The minimum Gasteiger partial charge on any atom is -0.512 e. The van der Waals surface area contributed by atoms with E-state index in [9.17, 15) is 4.79 Å². The maximum atomic E-state index is 10.0. The first-order valence-corrected chi connectivity index (χ1v) is 9.25. The number of aryl methyl sites for hydroxylation is 1. The van der Waals surface area contributed by atoms with Crippen molar-refractivity contribution in [1.29, 1.82) is 0 Å². The zero-order chi connectivity index (χ0) is 20.8. The number of rotatable bonds is 3. The number of benzene rings is 2. The Kier molecular flexibility index (Phi) is 8.28. The predicted octanol–water partition coefficient (Wildman–Crippen LogP) is 6.31. The van der Waals surface area contributed by atoms with Crippen molar-refractivity contribution in [3.05, 3.63) is 90.3 Å². The molecule has 2 aromatic heterocycles. The summed E-state index contributed by atoms with van der Waals surface area (Å²) in [4.78, 5) is 14.6. The van der Waals surface area contributed by atoms with Crippen LogP contribution in [0.3, 0.4) is 0 Å². The number of ketones is 1. The largest absolute Gasteiger partial charge is 0.512 e. The van der Waals surface area contributed by atoms with Crippen LogP contribution in [-0.4, -0.2) is 15.9 Å². The molecule has 4 nitrogen and oxygen atoms in total. The molecule has 0 aliphatic heterocycles. The molecule has 0 saturated carbocycles. The Balaban J connectivity index is 0.000000350. The van der Waals surface area contributed by atoms with Crippen LogP contribution in [0.2, 0.25) is 0 Å². The molecule has 0 fully saturated rings. The van der Waals surface area contributed by atoms with E-state index < -0.39 is 0 Å². The molecule has 4 rings (SSSR count). The molecule has 30 heavy (non-hydrogen) atoms. The Morgan fingerprint density at radius 3 is 2.37 bits per heavy atom. The van der Waals surface area contributed by atoms with Gasteiger partial charge in [0.1, 0.15) is 11.3 Å². The third-order valence-electron chi connectivity index (χ3n) is 4.26. The van der Waals surface area contributed by atoms with Gasteiger partial charge in [-0.1, -0.05) is 30.3 Å². The number of aromatic nitrogens is 1. The smallest absolute Gasteiger partial charge is 0.155 e. The minimum absolute atomic E-state index is 0. The SMILES string of the molecule is CC(=O)/C=C(/C)O.Cc1c(-c2ccccc2)oc2cc(-c3[c-]cccc3)ncc12.[Ir]. The molecule has 0 unspecified atom stereocenters. The van der Waals surface area contributed by atoms with Crippen LogP contribution in [0.15, 0.2) is 83.1 Å². The third-order valence-corrected chi connectivity index (χ3v) is 4.26. The summed E-state index contributed by atoms with van der Waals surface area (Å²) in [5, 5.41) is 9.42. The Morgan fingerprint density at radius 1 is 1.10 bits per heavy atom. The van der Waals surface area contributed by atoms with Crippen molar-refractivity contribution in [2.45, 2.75) is 20.8 Å². The molecule has 2 heterocycles. The second-order valence-corrected chi connectivity index (χ2v) is 6.66. The van der Waals surface area contributed by atoms with Crippen molar-refractivity contribution in [3.63, 3.8) is 0 Å². The first kappa shape index (κ1) is 23.3. The summed E-state index contributed by atoms with van der Waals surface area (Å²) in [6.45, 7) is 4.92. The van der Waals surface area contributed by atoms with Gasteiger partial charge >= 0.3 is 0 Å². The van der Waals surface area contributed by atoms with Gasteiger partial charge < -0.3 is 14.5 Å². The van der Waals surface area contributed by atoms with Crippen LogP contribution >= 0.6 is 0 Å². The van der Waals surface area contributed by atoms with Gasteiger partial charge in [0.15, 0.2) is 5.78 Å². The summed E-state index contributed by atoms with van der Waals surface area (Å²) in [7, 11) is 0. The summed E-state index contributed by atoms with van der Waals surface area (Å²) in [6, 6.07) is 23.2. The molecule has 4 aromatic rings. The summed E-state index contributed by atoms with van der Waals surface area (Å²) in [6.07, 6.45) is 3.05. The molecular formula is C25H22IrNO3-. The molecular weight excluding hydrogens is 554 g/mol. The molecule has 0 spiro atoms. The zero-order valence-corrected chi connectivity index (χ0v) is 19.4. The Morgan fingerprint density at radius 2 is 1.80 bits per heavy atom. The Hall–Kier alpha value is -3.01. The molecule has 0 atom stereocenters. The van der Waals surface area contributed by atoms with Gasteiger partial charge in [0.05, 0.1) is 5.76 Å². The van der Waals surface area contributed by atoms with Crippen LogP contribution in [0.4, 0.5) is 0 Å². The van der Waals surface area contributed by atoms with Crippen LogP contribution in [0.5, 0.6) is 0 Å². The predicted molar refractivity (Wildman–Crippen MR) is 116 cm³/mol. The number of nitrogens with zero attached hydrogens (tertiary/aromatic N) is 1. The van der Waals surface area contributed by atoms with Crippen molar-refractivity contribution in [1.82, 2.24) is 4.98 Å². The van der Waals surface area contributed by atoms with Crippen LogP contribution in [-0.2, 0) is 24.9 Å². The average molecular weight is 577 g/mol. The number of allylic oxidation sites excluding steroid dienone is 2. The van der Waals surface area contributed by atoms with Gasteiger partial charge in [-0.2, -0.15) is 0 Å². The van der Waals surface area contributed by atoms with Gasteiger partial charge in [0.2, 0.25) is 0 Å². The average Bonchev–Trinajstić information content (AvgIpc) is 3.05. The van der Waals surface area contributed by atoms with E-state index in [1.54, 1.807) is 0 Å². The van der Waals surface area contributed by atoms with Crippen molar-refractivity contribution in [3.8, 4) is 22.6 Å². The van der Waals surface area contributed by atoms with E-state index in [0.717, 1.165) is 39.1 Å². The number of carbonyl (C=O) groups excluding carboxylic acids is 1. The van der Waals surface area contributed by atoms with Crippen molar-refractivity contribution in [2.24, 2.45) is 0 Å². The van der Waals surface area contributed by atoms with E-state index in [4.69, 9.17) is 9.52 Å². The van der Waals surface area contributed by atoms with Crippen LogP contribution in [0, 0.1) is 13.0 Å². The molecule has 0 bridgehead atoms. The molecule has 5 heteroatoms. The summed E-state index contributed by atoms with van der Waals surface area (Å²) >= 11 is 0. The fourth-order valence-electron chi connectivity index (χ4n) is 2.97. The van der Waals surface area contributed by atoms with Crippen molar-refractivity contribution in [2.75, 3.05) is 0 Å². The van der Waals surface area contributed by atoms with Gasteiger partial charge in [-0.05, 0) is 32.5 Å². The van der Waals surface area contributed by atoms with E-state index in [2.05, 4.69) is 30.1 Å². The summed E-state index contributed by atoms with van der Waals surface area (Å²) < 4.78 is 6.09. The van der Waals surface area contributed by atoms with Crippen LogP contribution in [0.1, 0.15) is 19.4 Å². The summed E-state index contributed by atoms with van der Waals surface area (Å²) in [5.74, 6) is 0.846. The first-order chi connectivity index (χ1) is 14.0. The van der Waals surface area contributed by atoms with E-state index in [1.165, 1.54) is 19.9 Å². The number of hydrogen-bond acceptors (Lipinski definition) is 4. The van der Waals surface area contributed by atoms with Gasteiger partial charge in [-0.25, -0.2) is 0 Å². The van der Waals surface area contributed by atoms with Crippen molar-refractivity contribution < 1.29 is 34.4 Å².